The van der Waals surface area contributed by atoms with Gasteiger partial charge in [0, 0.05) is 13.6 Å². The van der Waals surface area contributed by atoms with Gasteiger partial charge in [-0.3, -0.25) is 4.79 Å². The number of rotatable bonds is 3. The molecule has 74 valence electrons. The van der Waals surface area contributed by atoms with Crippen LogP contribution in [-0.4, -0.2) is 24.4 Å². The fourth-order valence-corrected chi connectivity index (χ4v) is 1.40. The Kier molecular flexibility index (Phi) is 2.76. The van der Waals surface area contributed by atoms with E-state index in [1.165, 1.54) is 4.90 Å². The zero-order valence-electron chi connectivity index (χ0n) is 8.45. The number of hydrogen-bond donors (Lipinski definition) is 0. The maximum Gasteiger partial charge on any atom is 0.242 e. The molecule has 0 aromatic rings. The van der Waals surface area contributed by atoms with E-state index in [9.17, 15) is 4.79 Å². The van der Waals surface area contributed by atoms with Crippen LogP contribution in [0, 0.1) is 34.0 Å². The van der Waals surface area contributed by atoms with Crippen LogP contribution in [0.15, 0.2) is 0 Å². The largest absolute Gasteiger partial charge is 0.343 e. The lowest BCUT2D eigenvalue weighted by Gasteiger charge is -2.20. The maximum absolute atomic E-state index is 11.7. The Morgan fingerprint density at radius 1 is 1.57 bits per heavy atom. The van der Waals surface area contributed by atoms with E-state index in [1.807, 2.05) is 0 Å². The van der Waals surface area contributed by atoms with Crippen molar-refractivity contribution < 1.29 is 4.79 Å². The smallest absolute Gasteiger partial charge is 0.242 e. The molecule has 1 rings (SSSR count). The van der Waals surface area contributed by atoms with Gasteiger partial charge >= 0.3 is 0 Å². The van der Waals surface area contributed by atoms with Gasteiger partial charge in [-0.1, -0.05) is 0 Å². The summed E-state index contributed by atoms with van der Waals surface area (Å²) in [5.41, 5.74) is -0.760. The molecule has 0 aliphatic heterocycles. The number of amides is 1. The summed E-state index contributed by atoms with van der Waals surface area (Å²) in [6, 6.07) is 4.11. The molecule has 0 heterocycles. The molecule has 1 aliphatic carbocycles. The quantitative estimate of drug-likeness (QED) is 0.665. The van der Waals surface area contributed by atoms with Gasteiger partial charge in [-0.05, 0) is 19.8 Å². The first-order valence-electron chi connectivity index (χ1n) is 4.62. The van der Waals surface area contributed by atoms with E-state index in [2.05, 4.69) is 12.1 Å². The molecule has 1 atom stereocenters. The Labute approximate surface area is 83.7 Å². The van der Waals surface area contributed by atoms with Crippen molar-refractivity contribution in [3.8, 4) is 12.1 Å². The summed E-state index contributed by atoms with van der Waals surface area (Å²) < 4.78 is 0. The summed E-state index contributed by atoms with van der Waals surface area (Å²) in [5, 5.41) is 17.4. The lowest BCUT2D eigenvalue weighted by molar-refractivity contribution is -0.133. The molecular formula is C10H13N3O. The van der Waals surface area contributed by atoms with Crippen molar-refractivity contribution in [3.05, 3.63) is 0 Å². The topological polar surface area (TPSA) is 67.9 Å². The van der Waals surface area contributed by atoms with Crippen molar-refractivity contribution in [2.75, 3.05) is 13.6 Å². The Balaban J connectivity index is 2.55. The van der Waals surface area contributed by atoms with Crippen LogP contribution in [0.25, 0.3) is 0 Å². The van der Waals surface area contributed by atoms with Crippen LogP contribution in [0.3, 0.4) is 0 Å². The first kappa shape index (κ1) is 10.5. The first-order valence-corrected chi connectivity index (χ1v) is 4.62. The molecule has 14 heavy (non-hydrogen) atoms. The Hall–Kier alpha value is -1.55. The molecule has 1 unspecified atom stereocenters. The van der Waals surface area contributed by atoms with E-state index in [4.69, 9.17) is 10.5 Å². The number of nitrogens with zero attached hydrogens (tertiary/aromatic N) is 3. The van der Waals surface area contributed by atoms with Crippen molar-refractivity contribution in [1.29, 1.82) is 10.5 Å². The molecule has 1 saturated carbocycles. The maximum atomic E-state index is 11.7. The van der Waals surface area contributed by atoms with Gasteiger partial charge < -0.3 is 4.90 Å². The Morgan fingerprint density at radius 3 is 2.50 bits per heavy atom. The van der Waals surface area contributed by atoms with E-state index in [-0.39, 0.29) is 11.8 Å². The van der Waals surface area contributed by atoms with Gasteiger partial charge in [0.2, 0.25) is 5.91 Å². The number of carbonyl (C=O) groups excluding carboxylic acids is 1. The van der Waals surface area contributed by atoms with Crippen LogP contribution < -0.4 is 0 Å². The second-order valence-corrected chi connectivity index (χ2v) is 3.91. The third-order valence-corrected chi connectivity index (χ3v) is 2.49. The highest BCUT2D eigenvalue weighted by Crippen LogP contribution is 2.46. The lowest BCUT2D eigenvalue weighted by Crippen LogP contribution is -2.36. The molecule has 0 N–H and O–H groups in total. The summed E-state index contributed by atoms with van der Waals surface area (Å²) in [6.07, 6.45) is 1.32. The second kappa shape index (κ2) is 3.67. The van der Waals surface area contributed by atoms with Crippen LogP contribution in [0.5, 0.6) is 0 Å². The van der Waals surface area contributed by atoms with Crippen LogP contribution >= 0.6 is 0 Å². The molecule has 0 saturated heterocycles. The van der Waals surface area contributed by atoms with Crippen molar-refractivity contribution in [3.63, 3.8) is 0 Å². The van der Waals surface area contributed by atoms with Gasteiger partial charge in [0.1, 0.15) is 5.41 Å². The molecule has 1 amide bonds. The third kappa shape index (κ3) is 1.85. The van der Waals surface area contributed by atoms with Gasteiger partial charge in [-0.15, -0.1) is 0 Å². The summed E-state index contributed by atoms with van der Waals surface area (Å²) >= 11 is 0. The minimum Gasteiger partial charge on any atom is -0.343 e. The molecule has 0 radical (unpaired) electrons. The molecule has 1 aliphatic rings. The standard InChI is InChI=1S/C10H13N3O/c1-8(5-11)6-13(2)9(14)10(7-12)3-4-10/h8H,3-4,6H2,1-2H3. The third-order valence-electron chi connectivity index (χ3n) is 2.49. The highest BCUT2D eigenvalue weighted by atomic mass is 16.2. The molecule has 4 nitrogen and oxygen atoms in total. The summed E-state index contributed by atoms with van der Waals surface area (Å²) in [5.74, 6) is -0.319. The average molecular weight is 191 g/mol. The van der Waals surface area contributed by atoms with Gasteiger partial charge in [0.05, 0.1) is 18.1 Å². The normalized spacial score (nSPS) is 18.9. The number of nitriles is 2. The highest BCUT2D eigenvalue weighted by Gasteiger charge is 2.51. The molecule has 4 heteroatoms. The SMILES string of the molecule is CC(C#N)CN(C)C(=O)C1(C#N)CC1. The van der Waals surface area contributed by atoms with Crippen molar-refractivity contribution in [1.82, 2.24) is 4.90 Å². The molecular weight excluding hydrogens is 178 g/mol. The van der Waals surface area contributed by atoms with Crippen molar-refractivity contribution >= 4 is 5.91 Å². The molecule has 0 aromatic carbocycles. The van der Waals surface area contributed by atoms with Crippen LogP contribution in [0.1, 0.15) is 19.8 Å². The van der Waals surface area contributed by atoms with Crippen LogP contribution in [0.2, 0.25) is 0 Å². The first-order chi connectivity index (χ1) is 6.55. The predicted octanol–water partition coefficient (Wildman–Crippen LogP) is 0.908. The molecule has 0 spiro atoms. The molecule has 0 bridgehead atoms. The fraction of sp³-hybridized carbons (Fsp3) is 0.700. The van der Waals surface area contributed by atoms with Gasteiger partial charge in [0.25, 0.3) is 0 Å². The van der Waals surface area contributed by atoms with E-state index in [0.717, 1.165) is 0 Å². The van der Waals surface area contributed by atoms with E-state index >= 15 is 0 Å². The van der Waals surface area contributed by atoms with Crippen LogP contribution in [0.4, 0.5) is 0 Å². The Bertz CT molecular complexity index is 319. The minimum absolute atomic E-state index is 0.137. The summed E-state index contributed by atoms with van der Waals surface area (Å²) in [7, 11) is 1.65. The number of carbonyl (C=O) groups is 1. The fourth-order valence-electron chi connectivity index (χ4n) is 1.40. The summed E-state index contributed by atoms with van der Waals surface area (Å²) in [6.45, 7) is 2.16. The van der Waals surface area contributed by atoms with E-state index in [0.29, 0.717) is 19.4 Å². The van der Waals surface area contributed by atoms with Crippen molar-refractivity contribution in [2.24, 2.45) is 11.3 Å². The van der Waals surface area contributed by atoms with Crippen molar-refractivity contribution in [2.45, 2.75) is 19.8 Å². The minimum atomic E-state index is -0.760. The monoisotopic (exact) mass is 191 g/mol. The zero-order chi connectivity index (χ0) is 10.8. The number of hydrogen-bond acceptors (Lipinski definition) is 3. The van der Waals surface area contributed by atoms with Gasteiger partial charge in [0.15, 0.2) is 0 Å². The lowest BCUT2D eigenvalue weighted by atomic mass is 10.1. The second-order valence-electron chi connectivity index (χ2n) is 3.91. The summed E-state index contributed by atoms with van der Waals surface area (Å²) in [4.78, 5) is 13.2. The Morgan fingerprint density at radius 2 is 2.14 bits per heavy atom. The highest BCUT2D eigenvalue weighted by molar-refractivity contribution is 5.88. The van der Waals surface area contributed by atoms with E-state index < -0.39 is 5.41 Å². The van der Waals surface area contributed by atoms with Crippen LogP contribution in [-0.2, 0) is 4.79 Å². The van der Waals surface area contributed by atoms with Gasteiger partial charge in [-0.2, -0.15) is 10.5 Å². The average Bonchev–Trinajstić information content (AvgIpc) is 2.97. The molecule has 0 aromatic heterocycles. The molecule has 1 fully saturated rings. The zero-order valence-corrected chi connectivity index (χ0v) is 8.45. The van der Waals surface area contributed by atoms with Gasteiger partial charge in [-0.25, -0.2) is 0 Å². The van der Waals surface area contributed by atoms with E-state index in [1.54, 1.807) is 14.0 Å². The predicted molar refractivity (Wildman–Crippen MR) is 49.7 cm³/mol.